The van der Waals surface area contributed by atoms with Crippen LogP contribution in [-0.4, -0.2) is 32.1 Å². The Kier molecular flexibility index (Phi) is 5.23. The smallest absolute Gasteiger partial charge is 0.319 e. The molecule has 94 valence electrons. The Hall–Kier alpha value is -1.28. The Labute approximate surface area is 102 Å². The van der Waals surface area contributed by atoms with Crippen molar-refractivity contribution in [1.29, 1.82) is 0 Å². The van der Waals surface area contributed by atoms with Gasteiger partial charge in [-0.2, -0.15) is 0 Å². The summed E-state index contributed by atoms with van der Waals surface area (Å²) < 4.78 is 11.4. The van der Waals surface area contributed by atoms with Crippen LogP contribution in [0.15, 0.2) is 30.3 Å². The fourth-order valence-electron chi connectivity index (χ4n) is 1.36. The quantitative estimate of drug-likeness (QED) is 0.627. The monoisotopic (exact) mass is 254 g/mol. The molecule has 0 aliphatic carbocycles. The summed E-state index contributed by atoms with van der Waals surface area (Å²) >= 11 is 0. The van der Waals surface area contributed by atoms with Crippen molar-refractivity contribution in [2.45, 2.75) is 6.42 Å². The van der Waals surface area contributed by atoms with Gasteiger partial charge >= 0.3 is 6.03 Å². The van der Waals surface area contributed by atoms with E-state index in [4.69, 9.17) is 0 Å². The number of anilines is 1. The maximum atomic E-state index is 11.4. The molecule has 0 aliphatic rings. The molecule has 0 atom stereocenters. The molecule has 0 heterocycles. The van der Waals surface area contributed by atoms with Gasteiger partial charge in [0.2, 0.25) is 0 Å². The first-order valence-corrected chi connectivity index (χ1v) is 8.40. The zero-order chi connectivity index (χ0) is 12.7. The number of benzene rings is 1. The standard InChI is InChI=1S/C12H19N2O2P/c1-17(2,16)10-6-9-13-12(15)14-11-7-4-3-5-8-11/h3-5,7-8H,6,9-10H2,1-2H3,(H2,13,14,15). The molecule has 0 radical (unpaired) electrons. The van der Waals surface area contributed by atoms with E-state index in [1.807, 2.05) is 30.3 Å². The third-order valence-corrected chi connectivity index (χ3v) is 3.58. The van der Waals surface area contributed by atoms with Crippen LogP contribution >= 0.6 is 7.14 Å². The molecule has 0 fully saturated rings. The number of para-hydroxylation sites is 1. The molecule has 17 heavy (non-hydrogen) atoms. The third-order valence-electron chi connectivity index (χ3n) is 2.19. The van der Waals surface area contributed by atoms with Crippen molar-refractivity contribution >= 4 is 18.9 Å². The van der Waals surface area contributed by atoms with E-state index < -0.39 is 7.14 Å². The van der Waals surface area contributed by atoms with Crippen molar-refractivity contribution in [3.05, 3.63) is 30.3 Å². The van der Waals surface area contributed by atoms with Gasteiger partial charge in [0.1, 0.15) is 0 Å². The van der Waals surface area contributed by atoms with Gasteiger partial charge in [-0.1, -0.05) is 18.2 Å². The molecular formula is C12H19N2O2P. The zero-order valence-electron chi connectivity index (χ0n) is 10.3. The average Bonchev–Trinajstić information content (AvgIpc) is 2.25. The number of carbonyl (C=O) groups is 1. The summed E-state index contributed by atoms with van der Waals surface area (Å²) in [6.45, 7) is 4.07. The van der Waals surface area contributed by atoms with E-state index in [-0.39, 0.29) is 6.03 Å². The number of hydrogen-bond acceptors (Lipinski definition) is 2. The number of amides is 2. The van der Waals surface area contributed by atoms with Crippen LogP contribution < -0.4 is 10.6 Å². The summed E-state index contributed by atoms with van der Waals surface area (Å²) in [6.07, 6.45) is 1.41. The third kappa shape index (κ3) is 6.80. The van der Waals surface area contributed by atoms with Crippen molar-refractivity contribution in [2.75, 3.05) is 31.4 Å². The van der Waals surface area contributed by atoms with Crippen LogP contribution in [-0.2, 0) is 4.57 Å². The van der Waals surface area contributed by atoms with Gasteiger partial charge < -0.3 is 15.2 Å². The lowest BCUT2D eigenvalue weighted by molar-refractivity contribution is 0.252. The lowest BCUT2D eigenvalue weighted by Crippen LogP contribution is -2.29. The summed E-state index contributed by atoms with van der Waals surface area (Å²) in [5.74, 6) is 0. The van der Waals surface area contributed by atoms with E-state index in [1.54, 1.807) is 13.3 Å². The van der Waals surface area contributed by atoms with Gasteiger partial charge in [-0.05, 0) is 31.9 Å². The van der Waals surface area contributed by atoms with Gasteiger partial charge in [-0.3, -0.25) is 0 Å². The predicted octanol–water partition coefficient (Wildman–Crippen LogP) is 2.82. The fourth-order valence-corrected chi connectivity index (χ4v) is 2.28. The molecule has 0 bridgehead atoms. The van der Waals surface area contributed by atoms with Crippen LogP contribution in [0.2, 0.25) is 0 Å². The number of rotatable bonds is 5. The Morgan fingerprint density at radius 1 is 1.24 bits per heavy atom. The summed E-state index contributed by atoms with van der Waals surface area (Å²) in [6, 6.07) is 9.04. The second-order valence-corrected chi connectivity index (χ2v) is 7.99. The second-order valence-electron chi connectivity index (χ2n) is 4.40. The number of hydrogen-bond donors (Lipinski definition) is 2. The fraction of sp³-hybridized carbons (Fsp3) is 0.417. The van der Waals surface area contributed by atoms with Gasteiger partial charge in [-0.15, -0.1) is 0 Å². The van der Waals surface area contributed by atoms with Crippen molar-refractivity contribution in [3.63, 3.8) is 0 Å². The van der Waals surface area contributed by atoms with Crippen LogP contribution in [0.5, 0.6) is 0 Å². The molecule has 0 unspecified atom stereocenters. The van der Waals surface area contributed by atoms with Crippen molar-refractivity contribution in [3.8, 4) is 0 Å². The van der Waals surface area contributed by atoms with Gasteiger partial charge in [0, 0.05) is 18.4 Å². The van der Waals surface area contributed by atoms with Gasteiger partial charge in [0.05, 0.1) is 7.14 Å². The van der Waals surface area contributed by atoms with Gasteiger partial charge in [0.25, 0.3) is 0 Å². The molecule has 0 aromatic heterocycles. The molecule has 1 aromatic carbocycles. The zero-order valence-corrected chi connectivity index (χ0v) is 11.2. The Morgan fingerprint density at radius 2 is 1.88 bits per heavy atom. The molecule has 2 N–H and O–H groups in total. The molecule has 1 rings (SSSR count). The largest absolute Gasteiger partial charge is 0.338 e. The molecule has 1 aromatic rings. The van der Waals surface area contributed by atoms with E-state index in [9.17, 15) is 9.36 Å². The molecule has 0 aliphatic heterocycles. The van der Waals surface area contributed by atoms with Gasteiger partial charge in [-0.25, -0.2) is 4.79 Å². The second kappa shape index (κ2) is 6.45. The maximum absolute atomic E-state index is 11.4. The average molecular weight is 254 g/mol. The lowest BCUT2D eigenvalue weighted by atomic mass is 10.3. The minimum absolute atomic E-state index is 0.224. The molecule has 4 nitrogen and oxygen atoms in total. The number of urea groups is 1. The Balaban J connectivity index is 2.20. The first kappa shape index (κ1) is 13.8. The Morgan fingerprint density at radius 3 is 2.47 bits per heavy atom. The van der Waals surface area contributed by atoms with Crippen LogP contribution in [0.4, 0.5) is 10.5 Å². The van der Waals surface area contributed by atoms with Crippen LogP contribution in [0.3, 0.4) is 0 Å². The highest BCUT2D eigenvalue weighted by Gasteiger charge is 2.06. The highest BCUT2D eigenvalue weighted by Crippen LogP contribution is 2.35. The molecule has 2 amide bonds. The Bertz CT molecular complexity index is 400. The molecule has 0 spiro atoms. The minimum atomic E-state index is -1.96. The molecule has 0 saturated heterocycles. The van der Waals surface area contributed by atoms with E-state index in [0.717, 1.165) is 12.1 Å². The van der Waals surface area contributed by atoms with Crippen molar-refractivity contribution < 1.29 is 9.36 Å². The summed E-state index contributed by atoms with van der Waals surface area (Å²) in [7, 11) is -1.96. The highest BCUT2D eigenvalue weighted by atomic mass is 31.2. The van der Waals surface area contributed by atoms with Crippen LogP contribution in [0.25, 0.3) is 0 Å². The van der Waals surface area contributed by atoms with E-state index in [0.29, 0.717) is 12.7 Å². The van der Waals surface area contributed by atoms with Crippen molar-refractivity contribution in [2.24, 2.45) is 0 Å². The topological polar surface area (TPSA) is 58.2 Å². The predicted molar refractivity (Wildman–Crippen MR) is 72.4 cm³/mol. The molecule has 0 saturated carbocycles. The molecular weight excluding hydrogens is 235 g/mol. The number of nitrogens with one attached hydrogen (secondary N) is 2. The summed E-state index contributed by atoms with van der Waals surface area (Å²) in [5.41, 5.74) is 0.765. The first-order chi connectivity index (χ1) is 7.97. The SMILES string of the molecule is CP(C)(=O)CCCNC(=O)Nc1ccccc1. The van der Waals surface area contributed by atoms with Crippen molar-refractivity contribution in [1.82, 2.24) is 5.32 Å². The summed E-state index contributed by atoms with van der Waals surface area (Å²) in [5, 5.41) is 5.45. The van der Waals surface area contributed by atoms with Crippen LogP contribution in [0, 0.1) is 0 Å². The van der Waals surface area contributed by atoms with Crippen LogP contribution in [0.1, 0.15) is 6.42 Å². The minimum Gasteiger partial charge on any atom is -0.338 e. The normalized spacial score (nSPS) is 10.9. The van der Waals surface area contributed by atoms with Gasteiger partial charge in [0.15, 0.2) is 0 Å². The van der Waals surface area contributed by atoms with E-state index >= 15 is 0 Å². The highest BCUT2D eigenvalue weighted by molar-refractivity contribution is 7.62. The van der Waals surface area contributed by atoms with E-state index in [2.05, 4.69) is 10.6 Å². The molecule has 5 heteroatoms. The maximum Gasteiger partial charge on any atom is 0.319 e. The number of carbonyl (C=O) groups excluding carboxylic acids is 1. The first-order valence-electron chi connectivity index (χ1n) is 5.61. The summed E-state index contributed by atoms with van der Waals surface area (Å²) in [4.78, 5) is 11.4. The van der Waals surface area contributed by atoms with E-state index in [1.165, 1.54) is 0 Å². The lowest BCUT2D eigenvalue weighted by Gasteiger charge is -2.09.